The number of nitrogens with one attached hydrogen (secondary N) is 1. The molecule has 0 aromatic carbocycles. The zero-order valence-corrected chi connectivity index (χ0v) is 11.1. The van der Waals surface area contributed by atoms with Crippen molar-refractivity contribution in [3.8, 4) is 0 Å². The predicted molar refractivity (Wildman–Crippen MR) is 66.5 cm³/mol. The van der Waals surface area contributed by atoms with Gasteiger partial charge in [0.1, 0.15) is 6.04 Å². The van der Waals surface area contributed by atoms with Crippen LogP contribution < -0.4 is 11.1 Å². The molecule has 2 atom stereocenters. The van der Waals surface area contributed by atoms with Gasteiger partial charge in [-0.05, 0) is 18.8 Å². The van der Waals surface area contributed by atoms with E-state index in [1.807, 2.05) is 20.8 Å². The summed E-state index contributed by atoms with van der Waals surface area (Å²) in [6.45, 7) is 7.33. The molecule has 0 heterocycles. The fraction of sp³-hybridized carbons (Fsp3) is 0.833. The van der Waals surface area contributed by atoms with Crippen LogP contribution in [0.2, 0.25) is 0 Å². The van der Waals surface area contributed by atoms with E-state index in [1.54, 1.807) is 6.92 Å². The van der Waals surface area contributed by atoms with Gasteiger partial charge < -0.3 is 16.2 Å². The van der Waals surface area contributed by atoms with Gasteiger partial charge in [0.25, 0.3) is 0 Å². The minimum Gasteiger partial charge on any atom is -0.480 e. The Bertz CT molecular complexity index is 275. The van der Waals surface area contributed by atoms with Crippen LogP contribution >= 0.6 is 0 Å². The molecule has 0 aliphatic carbocycles. The number of rotatable bonds is 7. The summed E-state index contributed by atoms with van der Waals surface area (Å²) in [4.78, 5) is 23.0. The van der Waals surface area contributed by atoms with Crippen molar-refractivity contribution in [3.63, 3.8) is 0 Å². The van der Waals surface area contributed by atoms with E-state index in [1.165, 1.54) is 0 Å². The van der Waals surface area contributed by atoms with Crippen LogP contribution in [0.3, 0.4) is 0 Å². The van der Waals surface area contributed by atoms with Crippen molar-refractivity contribution in [2.75, 3.05) is 0 Å². The van der Waals surface area contributed by atoms with Gasteiger partial charge in [0.2, 0.25) is 5.91 Å². The summed E-state index contributed by atoms with van der Waals surface area (Å²) in [5.41, 5.74) is 4.95. The second-order valence-electron chi connectivity index (χ2n) is 4.54. The third-order valence-electron chi connectivity index (χ3n) is 3.48. The summed E-state index contributed by atoms with van der Waals surface area (Å²) in [6.07, 6.45) is 1.66. The Balaban J connectivity index is 4.78. The van der Waals surface area contributed by atoms with Gasteiger partial charge in [-0.3, -0.25) is 4.79 Å². The lowest BCUT2D eigenvalue weighted by molar-refractivity contribution is -0.144. The molecule has 1 amide bonds. The lowest BCUT2D eigenvalue weighted by Crippen LogP contribution is -2.58. The van der Waals surface area contributed by atoms with Gasteiger partial charge in [-0.2, -0.15) is 0 Å². The SMILES string of the molecule is CCC(C)C(NC(=O)C(N)(CC)CC)C(=O)O. The first-order valence-electron chi connectivity index (χ1n) is 6.15. The fourth-order valence-electron chi connectivity index (χ4n) is 1.54. The fourth-order valence-corrected chi connectivity index (χ4v) is 1.54. The number of carbonyl (C=O) groups is 2. The predicted octanol–water partition coefficient (Wildman–Crippen LogP) is 1.12. The standard InChI is InChI=1S/C12H24N2O3/c1-5-8(4)9(10(15)16)14-11(17)12(13,6-2)7-3/h8-9H,5-7,13H2,1-4H3,(H,14,17)(H,15,16). The number of carbonyl (C=O) groups excluding carboxylic acids is 1. The zero-order valence-electron chi connectivity index (χ0n) is 11.1. The molecule has 0 aromatic heterocycles. The number of hydrogen-bond donors (Lipinski definition) is 3. The van der Waals surface area contributed by atoms with E-state index >= 15 is 0 Å². The summed E-state index contributed by atoms with van der Waals surface area (Å²) in [6, 6.07) is -0.867. The van der Waals surface area contributed by atoms with Crippen molar-refractivity contribution in [2.24, 2.45) is 11.7 Å². The van der Waals surface area contributed by atoms with Crippen molar-refractivity contribution in [1.29, 1.82) is 0 Å². The van der Waals surface area contributed by atoms with Gasteiger partial charge >= 0.3 is 5.97 Å². The Morgan fingerprint density at radius 1 is 1.29 bits per heavy atom. The summed E-state index contributed by atoms with van der Waals surface area (Å²) < 4.78 is 0. The van der Waals surface area contributed by atoms with E-state index < -0.39 is 17.6 Å². The number of aliphatic carboxylic acids is 1. The summed E-state index contributed by atoms with van der Waals surface area (Å²) in [5.74, 6) is -1.51. The molecule has 0 saturated heterocycles. The molecule has 4 N–H and O–H groups in total. The van der Waals surface area contributed by atoms with Crippen LogP contribution in [-0.2, 0) is 9.59 Å². The topological polar surface area (TPSA) is 92.4 Å². The Kier molecular flexibility index (Phi) is 6.16. The number of carboxylic acids is 1. The van der Waals surface area contributed by atoms with Crippen molar-refractivity contribution >= 4 is 11.9 Å². The summed E-state index contributed by atoms with van der Waals surface area (Å²) >= 11 is 0. The van der Waals surface area contributed by atoms with Gasteiger partial charge in [-0.15, -0.1) is 0 Å². The normalized spacial score (nSPS) is 15.1. The molecule has 0 fully saturated rings. The van der Waals surface area contributed by atoms with Crippen molar-refractivity contribution in [1.82, 2.24) is 5.32 Å². The molecule has 0 rings (SSSR count). The van der Waals surface area contributed by atoms with E-state index in [0.717, 1.165) is 0 Å². The Morgan fingerprint density at radius 3 is 2.06 bits per heavy atom. The maximum atomic E-state index is 12.0. The molecule has 0 radical (unpaired) electrons. The van der Waals surface area contributed by atoms with Crippen LogP contribution in [0.1, 0.15) is 47.0 Å². The number of amides is 1. The molecule has 0 saturated carbocycles. The Labute approximate surface area is 103 Å². The van der Waals surface area contributed by atoms with Gasteiger partial charge in [0, 0.05) is 0 Å². The monoisotopic (exact) mass is 244 g/mol. The van der Waals surface area contributed by atoms with Crippen LogP contribution in [0, 0.1) is 5.92 Å². The third kappa shape index (κ3) is 4.00. The molecule has 2 unspecified atom stereocenters. The van der Waals surface area contributed by atoms with Crippen molar-refractivity contribution in [2.45, 2.75) is 58.5 Å². The molecule has 5 heteroatoms. The van der Waals surface area contributed by atoms with Crippen LogP contribution in [0.25, 0.3) is 0 Å². The van der Waals surface area contributed by atoms with Crippen LogP contribution in [0.5, 0.6) is 0 Å². The first kappa shape index (κ1) is 15.9. The lowest BCUT2D eigenvalue weighted by atomic mass is 9.91. The smallest absolute Gasteiger partial charge is 0.326 e. The highest BCUT2D eigenvalue weighted by Crippen LogP contribution is 2.14. The molecule has 0 spiro atoms. The van der Waals surface area contributed by atoms with E-state index in [4.69, 9.17) is 10.8 Å². The molecule has 0 aliphatic rings. The molecule has 17 heavy (non-hydrogen) atoms. The quantitative estimate of drug-likeness (QED) is 0.625. The van der Waals surface area contributed by atoms with Crippen LogP contribution in [-0.4, -0.2) is 28.6 Å². The zero-order chi connectivity index (χ0) is 13.6. The number of hydrogen-bond acceptors (Lipinski definition) is 3. The van der Waals surface area contributed by atoms with E-state index in [-0.39, 0.29) is 11.8 Å². The van der Waals surface area contributed by atoms with Gasteiger partial charge in [-0.1, -0.05) is 34.1 Å². The first-order valence-corrected chi connectivity index (χ1v) is 6.15. The summed E-state index contributed by atoms with van der Waals surface area (Å²) in [5, 5.41) is 11.6. The number of carboxylic acid groups (broad SMARTS) is 1. The Morgan fingerprint density at radius 2 is 1.76 bits per heavy atom. The van der Waals surface area contributed by atoms with Gasteiger partial charge in [0.05, 0.1) is 5.54 Å². The number of nitrogens with two attached hydrogens (primary N) is 1. The molecule has 0 aromatic rings. The second-order valence-corrected chi connectivity index (χ2v) is 4.54. The van der Waals surface area contributed by atoms with Crippen molar-refractivity contribution < 1.29 is 14.7 Å². The summed E-state index contributed by atoms with van der Waals surface area (Å²) in [7, 11) is 0. The van der Waals surface area contributed by atoms with Crippen LogP contribution in [0.15, 0.2) is 0 Å². The molecular weight excluding hydrogens is 220 g/mol. The first-order chi connectivity index (χ1) is 7.82. The minimum atomic E-state index is -1.01. The highest BCUT2D eigenvalue weighted by molar-refractivity contribution is 5.90. The average molecular weight is 244 g/mol. The lowest BCUT2D eigenvalue weighted by Gasteiger charge is -2.29. The van der Waals surface area contributed by atoms with Gasteiger partial charge in [0.15, 0.2) is 0 Å². The average Bonchev–Trinajstić information content (AvgIpc) is 2.33. The molecule has 0 bridgehead atoms. The maximum Gasteiger partial charge on any atom is 0.326 e. The largest absolute Gasteiger partial charge is 0.480 e. The van der Waals surface area contributed by atoms with Gasteiger partial charge in [-0.25, -0.2) is 4.79 Å². The van der Waals surface area contributed by atoms with Crippen LogP contribution in [0.4, 0.5) is 0 Å². The molecule has 100 valence electrons. The Hall–Kier alpha value is -1.10. The highest BCUT2D eigenvalue weighted by Gasteiger charge is 2.34. The minimum absolute atomic E-state index is 0.116. The van der Waals surface area contributed by atoms with E-state index in [2.05, 4.69) is 5.32 Å². The van der Waals surface area contributed by atoms with E-state index in [9.17, 15) is 9.59 Å². The van der Waals surface area contributed by atoms with E-state index in [0.29, 0.717) is 19.3 Å². The molecule has 0 aliphatic heterocycles. The highest BCUT2D eigenvalue weighted by atomic mass is 16.4. The molecular formula is C12H24N2O3. The molecule has 5 nitrogen and oxygen atoms in total. The second kappa shape index (κ2) is 6.59. The maximum absolute atomic E-state index is 12.0. The third-order valence-corrected chi connectivity index (χ3v) is 3.48. The van der Waals surface area contributed by atoms with Crippen molar-refractivity contribution in [3.05, 3.63) is 0 Å².